The minimum atomic E-state index is -4.67. The number of hydrogen-bond donors (Lipinski definition) is 3. The quantitative estimate of drug-likeness (QED) is 0.380. The molecule has 3 rings (SSSR count). The number of amides is 1. The maximum Gasteiger partial charge on any atom is 0.418 e. The fourth-order valence-electron chi connectivity index (χ4n) is 3.15. The summed E-state index contributed by atoms with van der Waals surface area (Å²) in [6.07, 6.45) is -4.67. The lowest BCUT2D eigenvalue weighted by Crippen LogP contribution is -2.46. The number of anilines is 1. The van der Waals surface area contributed by atoms with E-state index in [1.54, 1.807) is 6.07 Å². The van der Waals surface area contributed by atoms with Crippen LogP contribution in [0.25, 0.3) is 0 Å². The van der Waals surface area contributed by atoms with E-state index >= 15 is 0 Å². The number of alkyl halides is 3. The molecule has 1 aliphatic heterocycles. The Morgan fingerprint density at radius 3 is 2.47 bits per heavy atom. The van der Waals surface area contributed by atoms with Crippen LogP contribution in [-0.4, -0.2) is 15.9 Å². The molecule has 1 atom stereocenters. The second kappa shape index (κ2) is 8.11. The van der Waals surface area contributed by atoms with Crippen LogP contribution in [0.4, 0.5) is 24.5 Å². The number of carbonyl (C=O) groups excluding carboxylic acids is 1. The number of rotatable bonds is 4. The zero-order valence-corrected chi connectivity index (χ0v) is 16.2. The van der Waals surface area contributed by atoms with Crippen molar-refractivity contribution in [2.75, 3.05) is 5.32 Å². The first kappa shape index (κ1) is 21.2. The number of nitrogens with one attached hydrogen (secondary N) is 3. The van der Waals surface area contributed by atoms with E-state index < -0.39 is 34.3 Å². The molecule has 0 spiro atoms. The van der Waals surface area contributed by atoms with Crippen molar-refractivity contribution >= 4 is 34.6 Å². The van der Waals surface area contributed by atoms with E-state index in [0.717, 1.165) is 12.1 Å². The molecule has 2 aromatic carbocycles. The maximum atomic E-state index is 13.3. The average Bonchev–Trinajstić information content (AvgIpc) is 2.66. The molecule has 30 heavy (non-hydrogen) atoms. The van der Waals surface area contributed by atoms with Crippen LogP contribution in [0.5, 0.6) is 0 Å². The third kappa shape index (κ3) is 4.25. The van der Waals surface area contributed by atoms with Gasteiger partial charge in [0.25, 0.3) is 11.6 Å². The van der Waals surface area contributed by atoms with E-state index in [0.29, 0.717) is 0 Å². The summed E-state index contributed by atoms with van der Waals surface area (Å²) in [7, 11) is 0. The molecule has 1 heterocycles. The van der Waals surface area contributed by atoms with Gasteiger partial charge >= 0.3 is 6.18 Å². The standard InChI is InChI=1S/C19H15F3N4O3S/c1-10-15(17(27)24-13-8-4-3-7-12(13)19(20,21)22)16(25-18(30)23-10)11-6-2-5-9-14(11)26(28)29/h2-9,16H,1H3,(H,24,27)(H2,23,25,30)/t16-/m0/s1. The van der Waals surface area contributed by atoms with Crippen LogP contribution in [0, 0.1) is 10.1 Å². The van der Waals surface area contributed by atoms with Gasteiger partial charge in [-0.2, -0.15) is 13.2 Å². The lowest BCUT2D eigenvalue weighted by molar-refractivity contribution is -0.385. The van der Waals surface area contributed by atoms with E-state index in [9.17, 15) is 28.1 Å². The number of nitro groups is 1. The van der Waals surface area contributed by atoms with E-state index in [1.165, 1.54) is 37.3 Å². The van der Waals surface area contributed by atoms with E-state index in [-0.39, 0.29) is 27.6 Å². The molecule has 156 valence electrons. The summed E-state index contributed by atoms with van der Waals surface area (Å²) in [6, 6.07) is 9.27. The highest BCUT2D eigenvalue weighted by Gasteiger charge is 2.36. The van der Waals surface area contributed by atoms with Gasteiger partial charge in [-0.1, -0.05) is 24.3 Å². The fourth-order valence-corrected chi connectivity index (χ4v) is 3.43. The Kier molecular flexibility index (Phi) is 5.74. The summed E-state index contributed by atoms with van der Waals surface area (Å²) >= 11 is 5.10. The van der Waals surface area contributed by atoms with Crippen molar-refractivity contribution in [3.63, 3.8) is 0 Å². The summed E-state index contributed by atoms with van der Waals surface area (Å²) < 4.78 is 39.8. The Hall–Kier alpha value is -3.47. The molecule has 0 aromatic heterocycles. The monoisotopic (exact) mass is 436 g/mol. The van der Waals surface area contributed by atoms with Gasteiger partial charge in [0, 0.05) is 11.8 Å². The number of nitro benzene ring substituents is 1. The van der Waals surface area contributed by atoms with Crippen LogP contribution in [-0.2, 0) is 11.0 Å². The highest BCUT2D eigenvalue weighted by Crippen LogP contribution is 2.36. The average molecular weight is 436 g/mol. The fraction of sp³-hybridized carbons (Fsp3) is 0.158. The molecule has 0 saturated heterocycles. The van der Waals surface area contributed by atoms with Crippen molar-refractivity contribution in [3.8, 4) is 0 Å². The van der Waals surface area contributed by atoms with Gasteiger partial charge in [0.05, 0.1) is 33.4 Å². The highest BCUT2D eigenvalue weighted by molar-refractivity contribution is 7.80. The normalized spacial score (nSPS) is 16.5. The van der Waals surface area contributed by atoms with Gasteiger partial charge in [-0.05, 0) is 37.3 Å². The largest absolute Gasteiger partial charge is 0.418 e. The van der Waals surface area contributed by atoms with Crippen LogP contribution in [0.3, 0.4) is 0 Å². The Labute approximate surface area is 174 Å². The topological polar surface area (TPSA) is 96.3 Å². The molecule has 3 N–H and O–H groups in total. The minimum Gasteiger partial charge on any atom is -0.351 e. The molecule has 1 aliphatic rings. The number of carbonyl (C=O) groups is 1. The summed E-state index contributed by atoms with van der Waals surface area (Å²) in [4.78, 5) is 23.8. The summed E-state index contributed by atoms with van der Waals surface area (Å²) in [5.74, 6) is -0.852. The van der Waals surface area contributed by atoms with E-state index in [1.807, 2.05) is 0 Å². The van der Waals surface area contributed by atoms with E-state index in [2.05, 4.69) is 16.0 Å². The molecule has 0 aliphatic carbocycles. The number of para-hydroxylation sites is 2. The molecular formula is C19H15F3N4O3S. The second-order valence-electron chi connectivity index (χ2n) is 6.38. The third-order valence-electron chi connectivity index (χ3n) is 4.44. The maximum absolute atomic E-state index is 13.3. The smallest absolute Gasteiger partial charge is 0.351 e. The Balaban J connectivity index is 2.05. The third-order valence-corrected chi connectivity index (χ3v) is 4.66. The lowest BCUT2D eigenvalue weighted by atomic mass is 9.93. The number of thiocarbonyl (C=S) groups is 1. The van der Waals surface area contributed by atoms with Gasteiger partial charge in [0.2, 0.25) is 0 Å². The Morgan fingerprint density at radius 2 is 1.80 bits per heavy atom. The van der Waals surface area contributed by atoms with Crippen molar-refractivity contribution < 1.29 is 22.9 Å². The van der Waals surface area contributed by atoms with Crippen molar-refractivity contribution in [1.82, 2.24) is 10.6 Å². The molecule has 0 bridgehead atoms. The summed E-state index contributed by atoms with van der Waals surface area (Å²) in [6.45, 7) is 1.51. The van der Waals surface area contributed by atoms with Gasteiger partial charge in [-0.3, -0.25) is 14.9 Å². The van der Waals surface area contributed by atoms with Crippen LogP contribution in [0.2, 0.25) is 0 Å². The number of halogens is 3. The number of hydrogen-bond acceptors (Lipinski definition) is 4. The zero-order valence-electron chi connectivity index (χ0n) is 15.4. The molecule has 0 unspecified atom stereocenters. The van der Waals surface area contributed by atoms with Crippen molar-refractivity contribution in [3.05, 3.63) is 81.0 Å². The van der Waals surface area contributed by atoms with Gasteiger partial charge in [0.1, 0.15) is 0 Å². The second-order valence-corrected chi connectivity index (χ2v) is 6.79. The summed E-state index contributed by atoms with van der Waals surface area (Å²) in [5.41, 5.74) is -1.29. The molecule has 0 radical (unpaired) electrons. The van der Waals surface area contributed by atoms with Gasteiger partial charge in [-0.25, -0.2) is 0 Å². The van der Waals surface area contributed by atoms with Crippen LogP contribution >= 0.6 is 12.2 Å². The first-order valence-corrected chi connectivity index (χ1v) is 8.99. The van der Waals surface area contributed by atoms with Crippen molar-refractivity contribution in [1.29, 1.82) is 0 Å². The molecular weight excluding hydrogens is 421 g/mol. The summed E-state index contributed by atoms with van der Waals surface area (Å²) in [5, 5.41) is 19.4. The molecule has 11 heteroatoms. The predicted molar refractivity (Wildman–Crippen MR) is 107 cm³/mol. The zero-order chi connectivity index (χ0) is 22.1. The molecule has 0 fully saturated rings. The van der Waals surface area contributed by atoms with Crippen LogP contribution in [0.15, 0.2) is 59.8 Å². The number of nitrogens with zero attached hydrogens (tertiary/aromatic N) is 1. The van der Waals surface area contributed by atoms with Crippen molar-refractivity contribution in [2.45, 2.75) is 19.1 Å². The predicted octanol–water partition coefficient (Wildman–Crippen LogP) is 4.05. The lowest BCUT2D eigenvalue weighted by Gasteiger charge is -2.30. The Bertz CT molecular complexity index is 1070. The molecule has 2 aromatic rings. The molecule has 1 amide bonds. The van der Waals surface area contributed by atoms with Crippen LogP contribution < -0.4 is 16.0 Å². The van der Waals surface area contributed by atoms with Crippen LogP contribution in [0.1, 0.15) is 24.1 Å². The Morgan fingerprint density at radius 1 is 1.17 bits per heavy atom. The number of benzene rings is 2. The van der Waals surface area contributed by atoms with Gasteiger partial charge in [-0.15, -0.1) is 0 Å². The minimum absolute atomic E-state index is 0.0186. The first-order valence-electron chi connectivity index (χ1n) is 8.58. The molecule has 7 nitrogen and oxygen atoms in total. The van der Waals surface area contributed by atoms with Crippen molar-refractivity contribution in [2.24, 2.45) is 0 Å². The van der Waals surface area contributed by atoms with E-state index in [4.69, 9.17) is 12.2 Å². The first-order chi connectivity index (χ1) is 14.1. The van der Waals surface area contributed by atoms with Gasteiger partial charge < -0.3 is 16.0 Å². The number of allylic oxidation sites excluding steroid dienone is 1. The SMILES string of the molecule is CC1=C(C(=O)Nc2ccccc2C(F)(F)F)[C@H](c2ccccc2[N+](=O)[O-])NC(=S)N1. The highest BCUT2D eigenvalue weighted by atomic mass is 32.1. The molecule has 0 saturated carbocycles. The van der Waals surface area contributed by atoms with Gasteiger partial charge in [0.15, 0.2) is 5.11 Å².